The lowest BCUT2D eigenvalue weighted by atomic mass is 9.93. The minimum atomic E-state index is 0.245. The van der Waals surface area contributed by atoms with Gasteiger partial charge in [-0.25, -0.2) is 0 Å². The van der Waals surface area contributed by atoms with Crippen molar-refractivity contribution in [3.8, 4) is 0 Å². The molecule has 1 heterocycles. The largest absolute Gasteiger partial charge is 0.343 e. The average Bonchev–Trinajstić information content (AvgIpc) is 3.16. The molecule has 0 aromatic rings. The molecule has 0 bridgehead atoms. The molecule has 0 radical (unpaired) electrons. The van der Waals surface area contributed by atoms with Gasteiger partial charge in [-0.2, -0.15) is 0 Å². The summed E-state index contributed by atoms with van der Waals surface area (Å²) < 4.78 is 0. The van der Waals surface area contributed by atoms with Gasteiger partial charge < -0.3 is 10.2 Å². The third kappa shape index (κ3) is 2.71. The smallest absolute Gasteiger partial charge is 0.219 e. The number of hydrogen-bond acceptors (Lipinski definition) is 2. The number of fused-ring (bicyclic) bond motifs is 1. The summed E-state index contributed by atoms with van der Waals surface area (Å²) in [4.78, 5) is 13.3. The number of piperidine rings is 1. The highest BCUT2D eigenvalue weighted by atomic mass is 16.2. The van der Waals surface area contributed by atoms with Gasteiger partial charge in [0.1, 0.15) is 0 Å². The van der Waals surface area contributed by atoms with Gasteiger partial charge in [-0.1, -0.05) is 12.8 Å². The summed E-state index contributed by atoms with van der Waals surface area (Å²) in [5, 5.41) is 3.82. The maximum Gasteiger partial charge on any atom is 0.219 e. The van der Waals surface area contributed by atoms with E-state index < -0.39 is 0 Å². The number of hydrogen-bond donors (Lipinski definition) is 1. The number of amides is 1. The fourth-order valence-electron chi connectivity index (χ4n) is 3.93. The van der Waals surface area contributed by atoms with E-state index >= 15 is 0 Å². The van der Waals surface area contributed by atoms with Crippen LogP contribution in [0.3, 0.4) is 0 Å². The Labute approximate surface area is 110 Å². The Bertz CT molecular complexity index is 310. The Morgan fingerprint density at radius 2 is 2.00 bits per heavy atom. The van der Waals surface area contributed by atoms with Crippen molar-refractivity contribution in [2.45, 2.75) is 51.5 Å². The van der Waals surface area contributed by atoms with Crippen molar-refractivity contribution in [2.24, 2.45) is 17.8 Å². The van der Waals surface area contributed by atoms with E-state index in [1.807, 2.05) is 4.90 Å². The van der Waals surface area contributed by atoms with Crippen LogP contribution in [0.1, 0.15) is 45.4 Å². The molecule has 1 unspecified atom stereocenters. The van der Waals surface area contributed by atoms with E-state index in [-0.39, 0.29) is 5.91 Å². The maximum atomic E-state index is 11.3. The van der Waals surface area contributed by atoms with E-state index in [4.69, 9.17) is 0 Å². The first kappa shape index (κ1) is 12.5. The van der Waals surface area contributed by atoms with E-state index in [1.165, 1.54) is 45.1 Å². The number of rotatable bonds is 3. The van der Waals surface area contributed by atoms with Crippen LogP contribution in [0.4, 0.5) is 0 Å². The van der Waals surface area contributed by atoms with Gasteiger partial charge >= 0.3 is 0 Å². The normalized spacial score (nSPS) is 36.3. The summed E-state index contributed by atoms with van der Waals surface area (Å²) in [5.41, 5.74) is 0. The molecule has 1 aliphatic heterocycles. The lowest BCUT2D eigenvalue weighted by molar-refractivity contribution is -0.130. The molecule has 3 aliphatic rings. The van der Waals surface area contributed by atoms with Crippen LogP contribution >= 0.6 is 0 Å². The Kier molecular flexibility index (Phi) is 3.60. The number of carbonyl (C=O) groups is 1. The summed E-state index contributed by atoms with van der Waals surface area (Å²) >= 11 is 0. The van der Waals surface area contributed by atoms with Crippen LogP contribution in [0.2, 0.25) is 0 Å². The molecule has 1 saturated heterocycles. The summed E-state index contributed by atoms with van der Waals surface area (Å²) in [6.45, 7) is 4.81. The van der Waals surface area contributed by atoms with Gasteiger partial charge in [-0.3, -0.25) is 4.79 Å². The van der Waals surface area contributed by atoms with E-state index in [0.717, 1.165) is 36.9 Å². The molecule has 2 saturated carbocycles. The molecule has 0 aromatic carbocycles. The molecule has 3 nitrogen and oxygen atoms in total. The first-order valence-electron chi connectivity index (χ1n) is 7.73. The van der Waals surface area contributed by atoms with Crippen molar-refractivity contribution >= 4 is 5.91 Å². The average molecular weight is 250 g/mol. The third-order valence-corrected chi connectivity index (χ3v) is 5.31. The van der Waals surface area contributed by atoms with Crippen LogP contribution < -0.4 is 5.32 Å². The van der Waals surface area contributed by atoms with E-state index in [0.29, 0.717) is 0 Å². The van der Waals surface area contributed by atoms with Crippen LogP contribution in [0.5, 0.6) is 0 Å². The highest BCUT2D eigenvalue weighted by molar-refractivity contribution is 5.73. The Balaban J connectivity index is 1.38. The van der Waals surface area contributed by atoms with E-state index in [1.54, 1.807) is 6.92 Å². The third-order valence-electron chi connectivity index (χ3n) is 5.31. The summed E-state index contributed by atoms with van der Waals surface area (Å²) in [5.74, 6) is 3.11. The van der Waals surface area contributed by atoms with Crippen molar-refractivity contribution in [1.29, 1.82) is 0 Å². The second-order valence-electron chi connectivity index (χ2n) is 6.55. The molecule has 1 amide bonds. The topological polar surface area (TPSA) is 32.3 Å². The Morgan fingerprint density at radius 1 is 1.22 bits per heavy atom. The predicted octanol–water partition coefficient (Wildman–Crippen LogP) is 2.02. The minimum absolute atomic E-state index is 0.245. The van der Waals surface area contributed by atoms with Gasteiger partial charge in [-0.05, 0) is 50.0 Å². The van der Waals surface area contributed by atoms with Crippen molar-refractivity contribution in [3.05, 3.63) is 0 Å². The lowest BCUT2D eigenvalue weighted by Crippen LogP contribution is -2.42. The molecule has 3 heteroatoms. The molecule has 2 aliphatic carbocycles. The van der Waals surface area contributed by atoms with Gasteiger partial charge in [-0.15, -0.1) is 0 Å². The fraction of sp³-hybridized carbons (Fsp3) is 0.933. The highest BCUT2D eigenvalue weighted by Gasteiger charge is 2.44. The van der Waals surface area contributed by atoms with Gasteiger partial charge in [0.2, 0.25) is 5.91 Å². The standard InChI is InChI=1S/C15H26N2O/c1-11(18)17-7-5-12(6-8-17)10-16-15-4-2-3-13-9-14(13)15/h12-16H,2-10H2,1H3/t13-,14+,15?/m0/s1. The van der Waals surface area contributed by atoms with Gasteiger partial charge in [0, 0.05) is 26.1 Å². The molecule has 18 heavy (non-hydrogen) atoms. The van der Waals surface area contributed by atoms with E-state index in [2.05, 4.69) is 5.32 Å². The number of carbonyl (C=O) groups excluding carboxylic acids is 1. The van der Waals surface area contributed by atoms with Crippen LogP contribution in [0, 0.1) is 17.8 Å². The van der Waals surface area contributed by atoms with Gasteiger partial charge in [0.25, 0.3) is 0 Å². The van der Waals surface area contributed by atoms with Gasteiger partial charge in [0.15, 0.2) is 0 Å². The molecular formula is C15H26N2O. The van der Waals surface area contributed by atoms with Gasteiger partial charge in [0.05, 0.1) is 0 Å². The Hall–Kier alpha value is -0.570. The first-order valence-corrected chi connectivity index (χ1v) is 7.73. The number of nitrogens with one attached hydrogen (secondary N) is 1. The number of likely N-dealkylation sites (tertiary alicyclic amines) is 1. The van der Waals surface area contributed by atoms with Crippen molar-refractivity contribution in [2.75, 3.05) is 19.6 Å². The number of nitrogens with zero attached hydrogens (tertiary/aromatic N) is 1. The second kappa shape index (κ2) is 5.20. The first-order chi connectivity index (χ1) is 8.74. The fourth-order valence-corrected chi connectivity index (χ4v) is 3.93. The zero-order valence-electron chi connectivity index (χ0n) is 11.5. The lowest BCUT2D eigenvalue weighted by Gasteiger charge is -2.33. The molecule has 3 atom stereocenters. The van der Waals surface area contributed by atoms with Crippen LogP contribution in [0.25, 0.3) is 0 Å². The molecule has 102 valence electrons. The zero-order chi connectivity index (χ0) is 12.5. The molecule has 3 rings (SSSR count). The van der Waals surface area contributed by atoms with Crippen molar-refractivity contribution < 1.29 is 4.79 Å². The highest BCUT2D eigenvalue weighted by Crippen LogP contribution is 2.49. The quantitative estimate of drug-likeness (QED) is 0.831. The summed E-state index contributed by atoms with van der Waals surface area (Å²) in [6.07, 6.45) is 8.18. The predicted molar refractivity (Wildman–Crippen MR) is 72.2 cm³/mol. The SMILES string of the molecule is CC(=O)N1CCC(CNC2CCC[C@H]3C[C@@H]23)CC1. The molecule has 1 N–H and O–H groups in total. The zero-order valence-corrected chi connectivity index (χ0v) is 11.5. The van der Waals surface area contributed by atoms with Crippen molar-refractivity contribution in [3.63, 3.8) is 0 Å². The van der Waals surface area contributed by atoms with Crippen LogP contribution in [-0.2, 0) is 4.79 Å². The van der Waals surface area contributed by atoms with E-state index in [9.17, 15) is 4.79 Å². The van der Waals surface area contributed by atoms with Crippen LogP contribution in [0.15, 0.2) is 0 Å². The summed E-state index contributed by atoms with van der Waals surface area (Å²) in [7, 11) is 0. The molecule has 0 spiro atoms. The molecule has 0 aromatic heterocycles. The second-order valence-corrected chi connectivity index (χ2v) is 6.55. The maximum absolute atomic E-state index is 11.3. The molecular weight excluding hydrogens is 224 g/mol. The monoisotopic (exact) mass is 250 g/mol. The Morgan fingerprint density at radius 3 is 2.72 bits per heavy atom. The van der Waals surface area contributed by atoms with Crippen molar-refractivity contribution in [1.82, 2.24) is 10.2 Å². The van der Waals surface area contributed by atoms with Crippen LogP contribution in [-0.4, -0.2) is 36.5 Å². The minimum Gasteiger partial charge on any atom is -0.343 e. The summed E-state index contributed by atoms with van der Waals surface area (Å²) in [6, 6.07) is 0.814. The molecule has 3 fully saturated rings.